The first kappa shape index (κ1) is 13.6. The van der Waals surface area contributed by atoms with Gasteiger partial charge in [0.1, 0.15) is 0 Å². The minimum absolute atomic E-state index is 0.703. The molecule has 0 aromatic heterocycles. The van der Waals surface area contributed by atoms with E-state index in [-0.39, 0.29) is 0 Å². The first-order chi connectivity index (χ1) is 8.66. The zero-order valence-electron chi connectivity index (χ0n) is 12.0. The van der Waals surface area contributed by atoms with Crippen LogP contribution < -0.4 is 5.32 Å². The van der Waals surface area contributed by atoms with Crippen LogP contribution in [0.15, 0.2) is 30.3 Å². The van der Waals surface area contributed by atoms with Gasteiger partial charge in [0.2, 0.25) is 0 Å². The average Bonchev–Trinajstić information content (AvgIpc) is 2.37. The lowest BCUT2D eigenvalue weighted by atomic mass is 9.74. The van der Waals surface area contributed by atoms with E-state index in [0.29, 0.717) is 6.04 Å². The topological polar surface area (TPSA) is 12.0 Å². The maximum absolute atomic E-state index is 3.80. The van der Waals surface area contributed by atoms with E-state index in [0.717, 1.165) is 24.3 Å². The van der Waals surface area contributed by atoms with Crippen molar-refractivity contribution in [2.75, 3.05) is 0 Å². The first-order valence-corrected chi connectivity index (χ1v) is 7.44. The van der Waals surface area contributed by atoms with Crippen molar-refractivity contribution in [2.24, 2.45) is 17.8 Å². The molecule has 3 atom stereocenters. The first-order valence-electron chi connectivity index (χ1n) is 7.44. The molecule has 1 saturated carbocycles. The van der Waals surface area contributed by atoms with Crippen molar-refractivity contribution in [1.29, 1.82) is 0 Å². The molecule has 0 aliphatic heterocycles. The van der Waals surface area contributed by atoms with Crippen LogP contribution in [0.5, 0.6) is 0 Å². The number of nitrogens with one attached hydrogen (secondary N) is 1. The molecular weight excluding hydrogens is 218 g/mol. The van der Waals surface area contributed by atoms with Gasteiger partial charge in [-0.15, -0.1) is 0 Å². The molecule has 1 nitrogen and oxygen atoms in total. The molecule has 0 bridgehead atoms. The van der Waals surface area contributed by atoms with Crippen molar-refractivity contribution in [1.82, 2.24) is 5.32 Å². The molecule has 0 heterocycles. The normalized spacial score (nSPS) is 28.6. The highest BCUT2D eigenvalue weighted by Crippen LogP contribution is 2.33. The fourth-order valence-electron chi connectivity index (χ4n) is 3.28. The summed E-state index contributed by atoms with van der Waals surface area (Å²) >= 11 is 0. The molecule has 1 heteroatoms. The van der Waals surface area contributed by atoms with Crippen LogP contribution in [0.1, 0.15) is 45.6 Å². The van der Waals surface area contributed by atoms with Gasteiger partial charge < -0.3 is 5.32 Å². The maximum Gasteiger partial charge on any atom is 0.0208 e. The second-order valence-corrected chi connectivity index (χ2v) is 6.30. The van der Waals surface area contributed by atoms with Gasteiger partial charge in [-0.05, 0) is 36.2 Å². The van der Waals surface area contributed by atoms with E-state index in [1.807, 2.05) is 0 Å². The molecule has 1 N–H and O–H groups in total. The Morgan fingerprint density at radius 2 is 1.89 bits per heavy atom. The van der Waals surface area contributed by atoms with E-state index in [4.69, 9.17) is 0 Å². The lowest BCUT2D eigenvalue weighted by Crippen LogP contribution is -2.42. The number of benzene rings is 1. The highest BCUT2D eigenvalue weighted by Gasteiger charge is 2.29. The molecule has 1 aliphatic rings. The molecule has 100 valence electrons. The predicted octanol–water partition coefficient (Wildman–Crippen LogP) is 4.24. The van der Waals surface area contributed by atoms with Crippen LogP contribution in [0.3, 0.4) is 0 Å². The fraction of sp³-hybridized carbons (Fsp3) is 0.647. The van der Waals surface area contributed by atoms with Gasteiger partial charge in [-0.2, -0.15) is 0 Å². The van der Waals surface area contributed by atoms with E-state index >= 15 is 0 Å². The predicted molar refractivity (Wildman–Crippen MR) is 78.4 cm³/mol. The second-order valence-electron chi connectivity index (χ2n) is 6.30. The molecule has 1 aromatic carbocycles. The SMILES string of the molecule is CC(C)[C@@H]1CC[C@H](C)C[C@@H]1NCc1ccccc1. The van der Waals surface area contributed by atoms with Gasteiger partial charge in [0, 0.05) is 12.6 Å². The summed E-state index contributed by atoms with van der Waals surface area (Å²) in [6.07, 6.45) is 4.15. The van der Waals surface area contributed by atoms with Crippen molar-refractivity contribution < 1.29 is 0 Å². The van der Waals surface area contributed by atoms with E-state index in [1.54, 1.807) is 0 Å². The highest BCUT2D eigenvalue weighted by molar-refractivity contribution is 5.14. The Labute approximate surface area is 112 Å². The Hall–Kier alpha value is -0.820. The van der Waals surface area contributed by atoms with Crippen LogP contribution in [0.4, 0.5) is 0 Å². The monoisotopic (exact) mass is 245 g/mol. The van der Waals surface area contributed by atoms with Gasteiger partial charge in [-0.1, -0.05) is 57.5 Å². The van der Waals surface area contributed by atoms with Crippen LogP contribution in [0, 0.1) is 17.8 Å². The van der Waals surface area contributed by atoms with Crippen LogP contribution in [0.25, 0.3) is 0 Å². The lowest BCUT2D eigenvalue weighted by molar-refractivity contribution is 0.169. The molecule has 0 spiro atoms. The third-order valence-corrected chi connectivity index (χ3v) is 4.43. The van der Waals surface area contributed by atoms with Gasteiger partial charge >= 0.3 is 0 Å². The lowest BCUT2D eigenvalue weighted by Gasteiger charge is -2.38. The van der Waals surface area contributed by atoms with Crippen molar-refractivity contribution in [3.8, 4) is 0 Å². The van der Waals surface area contributed by atoms with E-state index < -0.39 is 0 Å². The van der Waals surface area contributed by atoms with Crippen molar-refractivity contribution in [3.63, 3.8) is 0 Å². The quantitative estimate of drug-likeness (QED) is 0.836. The van der Waals surface area contributed by atoms with Crippen molar-refractivity contribution >= 4 is 0 Å². The summed E-state index contributed by atoms with van der Waals surface area (Å²) in [6.45, 7) is 8.16. The van der Waals surface area contributed by atoms with E-state index in [1.165, 1.54) is 24.8 Å². The van der Waals surface area contributed by atoms with Crippen LogP contribution in [-0.4, -0.2) is 6.04 Å². The Bertz CT molecular complexity index is 344. The van der Waals surface area contributed by atoms with E-state index in [9.17, 15) is 0 Å². The third kappa shape index (κ3) is 3.58. The summed E-state index contributed by atoms with van der Waals surface area (Å²) in [6, 6.07) is 11.5. The largest absolute Gasteiger partial charge is 0.310 e. The van der Waals surface area contributed by atoms with E-state index in [2.05, 4.69) is 56.4 Å². The summed E-state index contributed by atoms with van der Waals surface area (Å²) in [5.74, 6) is 2.53. The van der Waals surface area contributed by atoms with Gasteiger partial charge in [0.15, 0.2) is 0 Å². The number of hydrogen-bond acceptors (Lipinski definition) is 1. The second kappa shape index (κ2) is 6.38. The minimum Gasteiger partial charge on any atom is -0.310 e. The van der Waals surface area contributed by atoms with Gasteiger partial charge in [-0.25, -0.2) is 0 Å². The van der Waals surface area contributed by atoms with Crippen molar-refractivity contribution in [2.45, 2.75) is 52.6 Å². The smallest absolute Gasteiger partial charge is 0.0208 e. The Morgan fingerprint density at radius 1 is 1.17 bits per heavy atom. The molecule has 2 rings (SSSR count). The van der Waals surface area contributed by atoms with Crippen LogP contribution in [-0.2, 0) is 6.54 Å². The summed E-state index contributed by atoms with van der Waals surface area (Å²) in [5, 5.41) is 3.80. The molecule has 0 saturated heterocycles. The Kier molecular flexibility index (Phi) is 4.82. The summed E-state index contributed by atoms with van der Waals surface area (Å²) in [7, 11) is 0. The van der Waals surface area contributed by atoms with Crippen LogP contribution >= 0.6 is 0 Å². The molecular formula is C17H27N. The molecule has 0 amide bonds. The Morgan fingerprint density at radius 3 is 2.56 bits per heavy atom. The Balaban J connectivity index is 1.92. The molecule has 18 heavy (non-hydrogen) atoms. The van der Waals surface area contributed by atoms with Gasteiger partial charge in [-0.3, -0.25) is 0 Å². The van der Waals surface area contributed by atoms with Crippen LogP contribution in [0.2, 0.25) is 0 Å². The van der Waals surface area contributed by atoms with Gasteiger partial charge in [0.25, 0.3) is 0 Å². The zero-order chi connectivity index (χ0) is 13.0. The average molecular weight is 245 g/mol. The molecule has 1 aromatic rings. The molecule has 1 aliphatic carbocycles. The zero-order valence-corrected chi connectivity index (χ0v) is 12.0. The summed E-state index contributed by atoms with van der Waals surface area (Å²) < 4.78 is 0. The molecule has 1 fully saturated rings. The number of hydrogen-bond donors (Lipinski definition) is 1. The maximum atomic E-state index is 3.80. The van der Waals surface area contributed by atoms with Crippen molar-refractivity contribution in [3.05, 3.63) is 35.9 Å². The third-order valence-electron chi connectivity index (χ3n) is 4.43. The molecule has 0 radical (unpaired) electrons. The molecule has 0 unspecified atom stereocenters. The summed E-state index contributed by atoms with van der Waals surface area (Å²) in [4.78, 5) is 0. The summed E-state index contributed by atoms with van der Waals surface area (Å²) in [5.41, 5.74) is 1.40. The fourth-order valence-corrected chi connectivity index (χ4v) is 3.28. The highest BCUT2D eigenvalue weighted by atomic mass is 14.9. The minimum atomic E-state index is 0.703. The number of rotatable bonds is 4. The standard InChI is InChI=1S/C17H27N/c1-13(2)16-10-9-14(3)11-17(16)18-12-15-7-5-4-6-8-15/h4-8,13-14,16-18H,9-12H2,1-3H3/t14-,16-,17-/m0/s1. The van der Waals surface area contributed by atoms with Gasteiger partial charge in [0.05, 0.1) is 0 Å².